The van der Waals surface area contributed by atoms with Crippen LogP contribution in [0.3, 0.4) is 0 Å². The van der Waals surface area contributed by atoms with Gasteiger partial charge < -0.3 is 9.84 Å². The van der Waals surface area contributed by atoms with Crippen molar-refractivity contribution in [3.05, 3.63) is 42.5 Å². The van der Waals surface area contributed by atoms with Crippen LogP contribution in [0.2, 0.25) is 0 Å². The minimum absolute atomic E-state index is 0.0884. The van der Waals surface area contributed by atoms with Gasteiger partial charge in [-0.1, -0.05) is 45.5 Å². The first-order chi connectivity index (χ1) is 10.7. The standard InChI is InChI=1S/C14H22O2.C6H6O/c1-9(2)12(15)16-11-8-10-6-7-14(11,5)13(10,3)4;7-6-4-2-1-3-5-6/h10-11H,1,6-8H2,2-5H3;1-5,7H. The zero-order chi connectivity index (χ0) is 17.3. The minimum atomic E-state index is -0.227. The highest BCUT2D eigenvalue weighted by Gasteiger charge is 2.62. The second-order valence-electron chi connectivity index (χ2n) is 7.62. The molecular weight excluding hydrogens is 288 g/mol. The Morgan fingerprint density at radius 1 is 1.26 bits per heavy atom. The summed E-state index contributed by atoms with van der Waals surface area (Å²) < 4.78 is 5.61. The van der Waals surface area contributed by atoms with Gasteiger partial charge in [0.05, 0.1) is 0 Å². The van der Waals surface area contributed by atoms with Crippen LogP contribution >= 0.6 is 0 Å². The van der Waals surface area contributed by atoms with E-state index in [1.54, 1.807) is 31.2 Å². The number of carbonyl (C=O) groups excluding carboxylic acids is 1. The first-order valence-electron chi connectivity index (χ1n) is 8.29. The summed E-state index contributed by atoms with van der Waals surface area (Å²) in [6.07, 6.45) is 3.58. The lowest BCUT2D eigenvalue weighted by atomic mass is 9.70. The highest BCUT2D eigenvalue weighted by atomic mass is 16.5. The average molecular weight is 316 g/mol. The molecule has 3 heteroatoms. The number of fused-ring (bicyclic) bond motifs is 2. The molecule has 0 aliphatic heterocycles. The van der Waals surface area contributed by atoms with Crippen molar-refractivity contribution in [2.75, 3.05) is 0 Å². The monoisotopic (exact) mass is 316 g/mol. The van der Waals surface area contributed by atoms with Crippen molar-refractivity contribution in [3.8, 4) is 5.75 Å². The molecule has 2 aliphatic carbocycles. The van der Waals surface area contributed by atoms with Gasteiger partial charge in [-0.05, 0) is 49.7 Å². The number of aromatic hydroxyl groups is 1. The van der Waals surface area contributed by atoms with E-state index in [2.05, 4.69) is 27.4 Å². The van der Waals surface area contributed by atoms with E-state index in [0.29, 0.717) is 22.7 Å². The quantitative estimate of drug-likeness (QED) is 0.635. The fourth-order valence-corrected chi connectivity index (χ4v) is 3.97. The van der Waals surface area contributed by atoms with Crippen LogP contribution in [0.4, 0.5) is 0 Å². The summed E-state index contributed by atoms with van der Waals surface area (Å²) in [5, 5.41) is 8.63. The first kappa shape index (κ1) is 17.6. The van der Waals surface area contributed by atoms with Crippen molar-refractivity contribution in [1.29, 1.82) is 0 Å². The van der Waals surface area contributed by atoms with Gasteiger partial charge in [-0.2, -0.15) is 0 Å². The Morgan fingerprint density at radius 2 is 1.87 bits per heavy atom. The number of para-hydroxylation sites is 1. The Bertz CT molecular complexity index is 576. The molecule has 0 heterocycles. The van der Waals surface area contributed by atoms with Crippen LogP contribution in [0.25, 0.3) is 0 Å². The number of phenolic OH excluding ortho intramolecular Hbond substituents is 1. The van der Waals surface area contributed by atoms with E-state index >= 15 is 0 Å². The van der Waals surface area contributed by atoms with Gasteiger partial charge >= 0.3 is 5.97 Å². The third-order valence-electron chi connectivity index (χ3n) is 6.07. The summed E-state index contributed by atoms with van der Waals surface area (Å²) in [7, 11) is 0. The van der Waals surface area contributed by atoms with Crippen molar-refractivity contribution in [3.63, 3.8) is 0 Å². The van der Waals surface area contributed by atoms with Crippen molar-refractivity contribution in [2.45, 2.75) is 53.1 Å². The van der Waals surface area contributed by atoms with Gasteiger partial charge in [0, 0.05) is 11.0 Å². The maximum Gasteiger partial charge on any atom is 0.333 e. The van der Waals surface area contributed by atoms with Crippen LogP contribution in [0.15, 0.2) is 42.5 Å². The van der Waals surface area contributed by atoms with E-state index in [1.807, 2.05) is 6.07 Å². The van der Waals surface area contributed by atoms with Gasteiger partial charge in [-0.3, -0.25) is 0 Å². The maximum absolute atomic E-state index is 11.6. The zero-order valence-electron chi connectivity index (χ0n) is 14.6. The summed E-state index contributed by atoms with van der Waals surface area (Å²) in [6.45, 7) is 12.3. The van der Waals surface area contributed by atoms with Crippen LogP contribution in [-0.2, 0) is 9.53 Å². The molecule has 0 saturated heterocycles. The van der Waals surface area contributed by atoms with Gasteiger partial charge in [0.1, 0.15) is 11.9 Å². The van der Waals surface area contributed by atoms with Gasteiger partial charge in [0.2, 0.25) is 0 Å². The molecule has 3 rings (SSSR count). The molecule has 2 aliphatic rings. The normalized spacial score (nSPS) is 30.3. The fourth-order valence-electron chi connectivity index (χ4n) is 3.97. The van der Waals surface area contributed by atoms with Gasteiger partial charge in [0.25, 0.3) is 0 Å². The largest absolute Gasteiger partial charge is 0.508 e. The molecule has 23 heavy (non-hydrogen) atoms. The Morgan fingerprint density at radius 3 is 2.22 bits per heavy atom. The predicted molar refractivity (Wildman–Crippen MR) is 92.0 cm³/mol. The smallest absolute Gasteiger partial charge is 0.333 e. The third kappa shape index (κ3) is 3.29. The van der Waals surface area contributed by atoms with Crippen LogP contribution in [-0.4, -0.2) is 17.2 Å². The van der Waals surface area contributed by atoms with E-state index < -0.39 is 0 Å². The molecule has 126 valence electrons. The Hall–Kier alpha value is -1.77. The minimum Gasteiger partial charge on any atom is -0.508 e. The molecule has 2 fully saturated rings. The molecule has 0 radical (unpaired) electrons. The molecule has 3 nitrogen and oxygen atoms in total. The van der Waals surface area contributed by atoms with Gasteiger partial charge in [-0.15, -0.1) is 0 Å². The SMILES string of the molecule is C=C(C)C(=O)OC1CC2CCC1(C)C2(C)C.Oc1ccccc1. The van der Waals surface area contributed by atoms with Crippen molar-refractivity contribution < 1.29 is 14.6 Å². The summed E-state index contributed by atoms with van der Waals surface area (Å²) in [6, 6.07) is 8.71. The number of rotatable bonds is 2. The molecule has 2 saturated carbocycles. The highest BCUT2D eigenvalue weighted by molar-refractivity contribution is 5.87. The van der Waals surface area contributed by atoms with E-state index in [1.165, 1.54) is 12.8 Å². The number of benzene rings is 1. The molecule has 2 bridgehead atoms. The van der Waals surface area contributed by atoms with E-state index in [0.717, 1.165) is 6.42 Å². The van der Waals surface area contributed by atoms with Crippen LogP contribution in [0.1, 0.15) is 47.0 Å². The van der Waals surface area contributed by atoms with E-state index in [-0.39, 0.29) is 17.5 Å². The van der Waals surface area contributed by atoms with Crippen molar-refractivity contribution in [2.24, 2.45) is 16.7 Å². The molecule has 1 aromatic rings. The van der Waals surface area contributed by atoms with Crippen molar-refractivity contribution in [1.82, 2.24) is 0 Å². The summed E-state index contributed by atoms with van der Waals surface area (Å²) in [5.74, 6) is 0.803. The van der Waals surface area contributed by atoms with E-state index in [4.69, 9.17) is 9.84 Å². The summed E-state index contributed by atoms with van der Waals surface area (Å²) >= 11 is 0. The Kier molecular flexibility index (Phi) is 4.88. The lowest BCUT2D eigenvalue weighted by Crippen LogP contribution is -2.38. The molecule has 3 unspecified atom stereocenters. The summed E-state index contributed by atoms with van der Waals surface area (Å²) in [5.41, 5.74) is 0.958. The van der Waals surface area contributed by atoms with Crippen LogP contribution < -0.4 is 0 Å². The molecule has 3 atom stereocenters. The Labute approximate surface area is 139 Å². The third-order valence-corrected chi connectivity index (χ3v) is 6.07. The lowest BCUT2D eigenvalue weighted by molar-refractivity contribution is -0.151. The number of esters is 1. The number of carbonyl (C=O) groups is 1. The first-order valence-corrected chi connectivity index (χ1v) is 8.29. The second-order valence-corrected chi connectivity index (χ2v) is 7.62. The second kappa shape index (κ2) is 6.38. The Balaban J connectivity index is 0.000000229. The average Bonchev–Trinajstić information content (AvgIpc) is 2.82. The molecule has 0 spiro atoms. The van der Waals surface area contributed by atoms with Gasteiger partial charge in [-0.25, -0.2) is 4.79 Å². The number of ether oxygens (including phenoxy) is 1. The molecular formula is C20H28O3. The zero-order valence-corrected chi connectivity index (χ0v) is 14.6. The molecule has 0 aromatic heterocycles. The fraction of sp³-hybridized carbons (Fsp3) is 0.550. The number of hydrogen-bond donors (Lipinski definition) is 1. The van der Waals surface area contributed by atoms with Crippen LogP contribution in [0.5, 0.6) is 5.75 Å². The highest BCUT2D eigenvalue weighted by Crippen LogP contribution is 2.66. The van der Waals surface area contributed by atoms with Gasteiger partial charge in [0.15, 0.2) is 0 Å². The summed E-state index contributed by atoms with van der Waals surface area (Å²) in [4.78, 5) is 11.6. The molecule has 0 amide bonds. The topological polar surface area (TPSA) is 46.5 Å². The lowest BCUT2D eigenvalue weighted by Gasteiger charge is -2.38. The number of hydrogen-bond acceptors (Lipinski definition) is 3. The molecule has 1 N–H and O–H groups in total. The molecule has 1 aromatic carbocycles. The number of phenols is 1. The van der Waals surface area contributed by atoms with Crippen LogP contribution in [0, 0.1) is 16.7 Å². The maximum atomic E-state index is 11.6. The van der Waals surface area contributed by atoms with Crippen molar-refractivity contribution >= 4 is 5.97 Å². The van der Waals surface area contributed by atoms with E-state index in [9.17, 15) is 4.79 Å². The predicted octanol–water partition coefficient (Wildman–Crippen LogP) is 4.71.